The van der Waals surface area contributed by atoms with Crippen LogP contribution in [0, 0.1) is 10.1 Å². The second-order valence-corrected chi connectivity index (χ2v) is 4.38. The third-order valence-corrected chi connectivity index (χ3v) is 3.04. The van der Waals surface area contributed by atoms with E-state index in [2.05, 4.69) is 15.1 Å². The Kier molecular flexibility index (Phi) is 2.68. The molecule has 1 aromatic carbocycles. The number of aromatic hydroxyl groups is 1. The number of nitrogens with one attached hydrogen (secondary N) is 1. The zero-order valence-corrected chi connectivity index (χ0v) is 10.8. The SMILES string of the molecule is Cn1ncc2nc(-c3cc([N+](=O)[O-])ccc3O)[nH]c(=O)c21. The maximum atomic E-state index is 12.0. The molecule has 2 aromatic heterocycles. The fraction of sp³-hybridized carbons (Fsp3) is 0.0833. The molecule has 9 nitrogen and oxygen atoms in total. The molecule has 0 bridgehead atoms. The number of rotatable bonds is 2. The van der Waals surface area contributed by atoms with Crippen LogP contribution in [-0.4, -0.2) is 29.8 Å². The van der Waals surface area contributed by atoms with Gasteiger partial charge in [-0.15, -0.1) is 0 Å². The largest absolute Gasteiger partial charge is 0.507 e. The van der Waals surface area contributed by atoms with E-state index in [1.807, 2.05) is 0 Å². The Hall–Kier alpha value is -3.23. The first-order chi connectivity index (χ1) is 9.97. The summed E-state index contributed by atoms with van der Waals surface area (Å²) < 4.78 is 1.37. The van der Waals surface area contributed by atoms with Crippen LogP contribution < -0.4 is 5.56 Å². The zero-order valence-electron chi connectivity index (χ0n) is 10.8. The number of hydrogen-bond donors (Lipinski definition) is 2. The first-order valence-corrected chi connectivity index (χ1v) is 5.87. The number of H-pyrrole nitrogens is 1. The van der Waals surface area contributed by atoms with Gasteiger partial charge in [-0.25, -0.2) is 4.98 Å². The van der Waals surface area contributed by atoms with E-state index in [0.29, 0.717) is 5.52 Å². The molecule has 3 aromatic rings. The normalized spacial score (nSPS) is 10.9. The lowest BCUT2D eigenvalue weighted by atomic mass is 10.1. The summed E-state index contributed by atoms with van der Waals surface area (Å²) in [4.78, 5) is 28.9. The van der Waals surface area contributed by atoms with Crippen LogP contribution in [0.3, 0.4) is 0 Å². The highest BCUT2D eigenvalue weighted by molar-refractivity contribution is 5.77. The molecule has 3 rings (SSSR count). The molecule has 9 heteroatoms. The second kappa shape index (κ2) is 4.40. The molecule has 0 spiro atoms. The van der Waals surface area contributed by atoms with Crippen molar-refractivity contribution in [3.63, 3.8) is 0 Å². The number of nitro groups is 1. The van der Waals surface area contributed by atoms with Gasteiger partial charge in [-0.1, -0.05) is 0 Å². The standard InChI is InChI=1S/C12H9N5O4/c1-16-10-8(5-13-16)14-11(15-12(10)19)7-4-6(17(20)21)2-3-9(7)18/h2-5,18H,1H3,(H,14,15,19). The molecule has 0 aliphatic heterocycles. The predicted molar refractivity (Wildman–Crippen MR) is 72.9 cm³/mol. The molecule has 106 valence electrons. The minimum absolute atomic E-state index is 0.0432. The van der Waals surface area contributed by atoms with Crippen molar-refractivity contribution < 1.29 is 10.0 Å². The molecule has 0 aliphatic rings. The first kappa shape index (κ1) is 12.8. The van der Waals surface area contributed by atoms with Gasteiger partial charge in [0.1, 0.15) is 17.1 Å². The number of phenolic OH excluding ortho intramolecular Hbond substituents is 1. The van der Waals surface area contributed by atoms with E-state index < -0.39 is 10.5 Å². The topological polar surface area (TPSA) is 127 Å². The number of fused-ring (bicyclic) bond motifs is 1. The minimum Gasteiger partial charge on any atom is -0.507 e. The summed E-state index contributed by atoms with van der Waals surface area (Å²) in [5, 5.41) is 24.6. The fourth-order valence-electron chi connectivity index (χ4n) is 2.04. The molecule has 0 amide bonds. The lowest BCUT2D eigenvalue weighted by molar-refractivity contribution is -0.384. The Morgan fingerprint density at radius 2 is 2.19 bits per heavy atom. The van der Waals surface area contributed by atoms with Crippen LogP contribution in [-0.2, 0) is 7.05 Å². The summed E-state index contributed by atoms with van der Waals surface area (Å²) in [6, 6.07) is 3.50. The van der Waals surface area contributed by atoms with Crippen molar-refractivity contribution in [3.05, 3.63) is 44.9 Å². The third-order valence-electron chi connectivity index (χ3n) is 3.04. The Morgan fingerprint density at radius 1 is 1.43 bits per heavy atom. The summed E-state index contributed by atoms with van der Waals surface area (Å²) in [5.74, 6) is -0.173. The number of nitro benzene ring substituents is 1. The van der Waals surface area contributed by atoms with E-state index in [0.717, 1.165) is 6.07 Å². The molecule has 0 saturated carbocycles. The van der Waals surface area contributed by atoms with Crippen molar-refractivity contribution in [2.45, 2.75) is 0 Å². The lowest BCUT2D eigenvalue weighted by Gasteiger charge is -2.04. The fourth-order valence-corrected chi connectivity index (χ4v) is 2.04. The predicted octanol–water partition coefficient (Wildman–Crippen LogP) is 0.937. The molecular formula is C12H9N5O4. The number of phenols is 1. The molecule has 2 heterocycles. The van der Waals surface area contributed by atoms with Crippen molar-refractivity contribution in [2.24, 2.45) is 7.05 Å². The molecule has 0 fully saturated rings. The molecule has 0 unspecified atom stereocenters. The molecule has 0 saturated heterocycles. The average Bonchev–Trinajstić information content (AvgIpc) is 2.81. The van der Waals surface area contributed by atoms with Crippen molar-refractivity contribution in [1.82, 2.24) is 19.7 Å². The molecule has 2 N–H and O–H groups in total. The number of aromatic amines is 1. The summed E-state index contributed by atoms with van der Waals surface area (Å²) in [7, 11) is 1.60. The van der Waals surface area contributed by atoms with Gasteiger partial charge in [-0.05, 0) is 6.07 Å². The summed E-state index contributed by atoms with van der Waals surface area (Å²) in [6.45, 7) is 0. The number of aryl methyl sites for hydroxylation is 1. The van der Waals surface area contributed by atoms with Gasteiger partial charge in [0.15, 0.2) is 5.52 Å². The Morgan fingerprint density at radius 3 is 2.90 bits per heavy atom. The Labute approximate surface area is 116 Å². The van der Waals surface area contributed by atoms with Gasteiger partial charge in [0, 0.05) is 19.2 Å². The minimum atomic E-state index is -0.594. The highest BCUT2D eigenvalue weighted by Gasteiger charge is 2.16. The molecule has 0 atom stereocenters. The van der Waals surface area contributed by atoms with Crippen LogP contribution in [0.1, 0.15) is 0 Å². The molecule has 0 aliphatic carbocycles. The average molecular weight is 287 g/mol. The summed E-state index contributed by atoms with van der Waals surface area (Å²) in [6.07, 6.45) is 1.41. The number of aromatic nitrogens is 4. The van der Waals surface area contributed by atoms with Crippen LogP contribution in [0.25, 0.3) is 22.4 Å². The highest BCUT2D eigenvalue weighted by Crippen LogP contribution is 2.30. The lowest BCUT2D eigenvalue weighted by Crippen LogP contribution is -2.12. The van der Waals surface area contributed by atoms with Crippen LogP contribution in [0.2, 0.25) is 0 Å². The number of hydrogen-bond acceptors (Lipinski definition) is 6. The van der Waals surface area contributed by atoms with Crippen LogP contribution in [0.15, 0.2) is 29.2 Å². The van der Waals surface area contributed by atoms with E-state index in [-0.39, 0.29) is 28.3 Å². The molecule has 21 heavy (non-hydrogen) atoms. The zero-order chi connectivity index (χ0) is 15.1. The van der Waals surface area contributed by atoms with Crippen molar-refractivity contribution in [3.8, 4) is 17.1 Å². The Balaban J connectivity index is 2.28. The third kappa shape index (κ3) is 2.00. The van der Waals surface area contributed by atoms with Gasteiger partial charge >= 0.3 is 0 Å². The summed E-state index contributed by atoms with van der Waals surface area (Å²) >= 11 is 0. The summed E-state index contributed by atoms with van der Waals surface area (Å²) in [5.41, 5.74) is 0.0375. The van der Waals surface area contributed by atoms with E-state index in [4.69, 9.17) is 0 Å². The smallest absolute Gasteiger partial charge is 0.277 e. The maximum Gasteiger partial charge on any atom is 0.277 e. The van der Waals surface area contributed by atoms with Gasteiger partial charge in [0.25, 0.3) is 11.2 Å². The van der Waals surface area contributed by atoms with E-state index in [1.165, 1.54) is 23.0 Å². The first-order valence-electron chi connectivity index (χ1n) is 5.87. The number of non-ortho nitro benzene ring substituents is 1. The van der Waals surface area contributed by atoms with Crippen molar-refractivity contribution >= 4 is 16.7 Å². The quantitative estimate of drug-likeness (QED) is 0.533. The van der Waals surface area contributed by atoms with Crippen molar-refractivity contribution in [2.75, 3.05) is 0 Å². The van der Waals surface area contributed by atoms with Crippen LogP contribution >= 0.6 is 0 Å². The van der Waals surface area contributed by atoms with Gasteiger partial charge in [0.2, 0.25) is 0 Å². The number of benzene rings is 1. The second-order valence-electron chi connectivity index (χ2n) is 4.38. The van der Waals surface area contributed by atoms with Crippen LogP contribution in [0.4, 0.5) is 5.69 Å². The van der Waals surface area contributed by atoms with Crippen LogP contribution in [0.5, 0.6) is 5.75 Å². The van der Waals surface area contributed by atoms with E-state index >= 15 is 0 Å². The molecule has 0 radical (unpaired) electrons. The monoisotopic (exact) mass is 287 g/mol. The van der Waals surface area contributed by atoms with E-state index in [1.54, 1.807) is 7.05 Å². The van der Waals surface area contributed by atoms with Gasteiger partial charge in [-0.3, -0.25) is 19.6 Å². The molecular weight excluding hydrogens is 278 g/mol. The Bertz CT molecular complexity index is 927. The maximum absolute atomic E-state index is 12.0. The van der Waals surface area contributed by atoms with Gasteiger partial charge in [-0.2, -0.15) is 5.10 Å². The van der Waals surface area contributed by atoms with Gasteiger partial charge < -0.3 is 10.1 Å². The van der Waals surface area contributed by atoms with Gasteiger partial charge in [0.05, 0.1) is 16.7 Å². The number of nitrogens with zero attached hydrogens (tertiary/aromatic N) is 4. The van der Waals surface area contributed by atoms with Crippen molar-refractivity contribution in [1.29, 1.82) is 0 Å². The highest BCUT2D eigenvalue weighted by atomic mass is 16.6. The van der Waals surface area contributed by atoms with E-state index in [9.17, 15) is 20.0 Å².